The first-order valence-corrected chi connectivity index (χ1v) is 7.27. The van der Waals surface area contributed by atoms with Crippen molar-refractivity contribution in [2.75, 3.05) is 19.6 Å². The molecule has 1 aliphatic heterocycles. The van der Waals surface area contributed by atoms with Crippen LogP contribution in [0.5, 0.6) is 0 Å². The van der Waals surface area contributed by atoms with Crippen LogP contribution in [-0.2, 0) is 4.79 Å². The summed E-state index contributed by atoms with van der Waals surface area (Å²) in [5.74, 6) is 0.564. The Morgan fingerprint density at radius 3 is 3.00 bits per heavy atom. The molecule has 6 heteroatoms. The van der Waals surface area contributed by atoms with Crippen LogP contribution < -0.4 is 5.73 Å². The fourth-order valence-corrected chi connectivity index (χ4v) is 3.24. The number of hydrogen-bond donors (Lipinski definition) is 1. The van der Waals surface area contributed by atoms with Gasteiger partial charge in [-0.25, -0.2) is 0 Å². The Labute approximate surface area is 126 Å². The molecule has 0 saturated carbocycles. The molecular formula is C12H16BrClN2OS. The van der Waals surface area contributed by atoms with Crippen molar-refractivity contribution in [3.8, 4) is 0 Å². The Bertz CT molecular complexity index is 435. The zero-order chi connectivity index (χ0) is 12.3. The lowest BCUT2D eigenvalue weighted by atomic mass is 10.1. The summed E-state index contributed by atoms with van der Waals surface area (Å²) in [6.07, 6.45) is 4.55. The lowest BCUT2D eigenvalue weighted by Crippen LogP contribution is -2.28. The number of halogens is 2. The summed E-state index contributed by atoms with van der Waals surface area (Å²) in [7, 11) is 0. The summed E-state index contributed by atoms with van der Waals surface area (Å²) in [5.41, 5.74) is 5.60. The molecule has 3 nitrogen and oxygen atoms in total. The predicted octanol–water partition coefficient (Wildman–Crippen LogP) is 2.75. The third-order valence-electron chi connectivity index (χ3n) is 2.91. The molecule has 0 aliphatic carbocycles. The van der Waals surface area contributed by atoms with Crippen molar-refractivity contribution in [2.45, 2.75) is 6.42 Å². The summed E-state index contributed by atoms with van der Waals surface area (Å²) < 4.78 is 1.05. The van der Waals surface area contributed by atoms with Crippen LogP contribution in [0.25, 0.3) is 6.08 Å². The van der Waals surface area contributed by atoms with Crippen LogP contribution in [0.15, 0.2) is 22.0 Å². The first-order chi connectivity index (χ1) is 8.19. The van der Waals surface area contributed by atoms with Gasteiger partial charge >= 0.3 is 0 Å². The van der Waals surface area contributed by atoms with Gasteiger partial charge in [0.2, 0.25) is 5.91 Å². The molecule has 0 aromatic carbocycles. The highest BCUT2D eigenvalue weighted by atomic mass is 79.9. The predicted molar refractivity (Wildman–Crippen MR) is 82.0 cm³/mol. The molecule has 1 fully saturated rings. The van der Waals surface area contributed by atoms with Gasteiger partial charge in [-0.1, -0.05) is 0 Å². The van der Waals surface area contributed by atoms with Gasteiger partial charge in [0.05, 0.1) is 0 Å². The number of amides is 1. The third kappa shape index (κ3) is 4.09. The van der Waals surface area contributed by atoms with Crippen molar-refractivity contribution in [3.63, 3.8) is 0 Å². The molecule has 0 spiro atoms. The van der Waals surface area contributed by atoms with Crippen LogP contribution in [0.3, 0.4) is 0 Å². The zero-order valence-corrected chi connectivity index (χ0v) is 13.1. The van der Waals surface area contributed by atoms with Gasteiger partial charge in [0.25, 0.3) is 0 Å². The van der Waals surface area contributed by atoms with E-state index in [-0.39, 0.29) is 18.3 Å². The first-order valence-electron chi connectivity index (χ1n) is 5.60. The van der Waals surface area contributed by atoms with E-state index in [0.29, 0.717) is 12.5 Å². The Hall–Kier alpha value is -0.360. The smallest absolute Gasteiger partial charge is 0.246 e. The lowest BCUT2D eigenvalue weighted by Gasteiger charge is -2.13. The summed E-state index contributed by atoms with van der Waals surface area (Å²) in [6, 6.07) is 2.00. The van der Waals surface area contributed by atoms with E-state index in [9.17, 15) is 4.79 Å². The maximum atomic E-state index is 11.9. The number of hydrogen-bond acceptors (Lipinski definition) is 3. The summed E-state index contributed by atoms with van der Waals surface area (Å²) in [4.78, 5) is 14.8. The molecule has 1 amide bonds. The maximum absolute atomic E-state index is 11.9. The number of thiophene rings is 1. The van der Waals surface area contributed by atoms with Crippen molar-refractivity contribution in [3.05, 3.63) is 26.9 Å². The van der Waals surface area contributed by atoms with E-state index in [1.165, 1.54) is 0 Å². The van der Waals surface area contributed by atoms with Crippen molar-refractivity contribution < 1.29 is 4.79 Å². The number of carbonyl (C=O) groups is 1. The van der Waals surface area contributed by atoms with E-state index in [2.05, 4.69) is 15.9 Å². The Morgan fingerprint density at radius 1 is 1.67 bits per heavy atom. The molecule has 1 atom stereocenters. The van der Waals surface area contributed by atoms with Crippen molar-refractivity contribution >= 4 is 51.7 Å². The number of nitrogens with zero attached hydrogens (tertiary/aromatic N) is 1. The minimum Gasteiger partial charge on any atom is -0.339 e. The van der Waals surface area contributed by atoms with Crippen LogP contribution >= 0.6 is 39.7 Å². The first kappa shape index (κ1) is 15.7. The fraction of sp³-hybridized carbons (Fsp3) is 0.417. The van der Waals surface area contributed by atoms with Crippen LogP contribution in [0.4, 0.5) is 0 Å². The van der Waals surface area contributed by atoms with Gasteiger partial charge < -0.3 is 10.6 Å². The van der Waals surface area contributed by atoms with E-state index >= 15 is 0 Å². The quantitative estimate of drug-likeness (QED) is 0.851. The molecule has 18 heavy (non-hydrogen) atoms. The largest absolute Gasteiger partial charge is 0.339 e. The average Bonchev–Trinajstić information content (AvgIpc) is 2.94. The van der Waals surface area contributed by atoms with Gasteiger partial charge in [-0.3, -0.25) is 4.79 Å². The molecular weight excluding hydrogens is 336 g/mol. The molecule has 2 rings (SSSR count). The number of nitrogens with two attached hydrogens (primary N) is 1. The van der Waals surface area contributed by atoms with Crippen molar-refractivity contribution in [1.29, 1.82) is 0 Å². The summed E-state index contributed by atoms with van der Waals surface area (Å²) in [5, 5.41) is 2.00. The normalized spacial score (nSPS) is 19.2. The second kappa shape index (κ2) is 7.28. The van der Waals surface area contributed by atoms with E-state index in [1.807, 2.05) is 22.4 Å². The average molecular weight is 352 g/mol. The van der Waals surface area contributed by atoms with Crippen molar-refractivity contribution in [2.24, 2.45) is 11.7 Å². The van der Waals surface area contributed by atoms with Crippen LogP contribution in [0.1, 0.15) is 11.3 Å². The van der Waals surface area contributed by atoms with Gasteiger partial charge in [-0.15, -0.1) is 23.7 Å². The zero-order valence-electron chi connectivity index (χ0n) is 9.84. The Morgan fingerprint density at radius 2 is 2.44 bits per heavy atom. The Balaban J connectivity index is 0.00000162. The van der Waals surface area contributed by atoms with Crippen LogP contribution in [0, 0.1) is 5.92 Å². The number of carbonyl (C=O) groups excluding carboxylic acids is 1. The molecule has 0 bridgehead atoms. The van der Waals surface area contributed by atoms with Crippen LogP contribution in [0.2, 0.25) is 0 Å². The monoisotopic (exact) mass is 350 g/mol. The Kier molecular flexibility index (Phi) is 6.35. The molecule has 1 aromatic heterocycles. The standard InChI is InChI=1S/C12H15BrN2OS.ClH/c13-10-5-11(17-8-10)1-2-12(16)15-4-3-9(6-14)7-15;/h1-2,5,8-9H,3-4,6-7,14H2;1H/b2-1+;. The van der Waals surface area contributed by atoms with Crippen LogP contribution in [-0.4, -0.2) is 30.4 Å². The second-order valence-corrected chi connectivity index (χ2v) is 6.03. The van der Waals surface area contributed by atoms with Gasteiger partial charge in [-0.05, 0) is 47.0 Å². The van der Waals surface area contributed by atoms with Gasteiger partial charge in [-0.2, -0.15) is 0 Å². The van der Waals surface area contributed by atoms with E-state index < -0.39 is 0 Å². The van der Waals surface area contributed by atoms with E-state index in [0.717, 1.165) is 28.9 Å². The van der Waals surface area contributed by atoms with Gasteiger partial charge in [0.1, 0.15) is 0 Å². The molecule has 2 heterocycles. The number of rotatable bonds is 3. The van der Waals surface area contributed by atoms with Crippen molar-refractivity contribution in [1.82, 2.24) is 4.90 Å². The minimum absolute atomic E-state index is 0. The van der Waals surface area contributed by atoms with E-state index in [1.54, 1.807) is 17.4 Å². The summed E-state index contributed by atoms with van der Waals surface area (Å²) >= 11 is 5.00. The molecule has 1 aliphatic rings. The SMILES string of the molecule is Cl.NCC1CCN(C(=O)/C=C/c2cc(Br)cs2)C1. The number of likely N-dealkylation sites (tertiary alicyclic amines) is 1. The topological polar surface area (TPSA) is 46.3 Å². The second-order valence-electron chi connectivity index (χ2n) is 4.18. The molecule has 100 valence electrons. The molecule has 1 saturated heterocycles. The minimum atomic E-state index is 0. The molecule has 2 N–H and O–H groups in total. The maximum Gasteiger partial charge on any atom is 0.246 e. The highest BCUT2D eigenvalue weighted by Crippen LogP contribution is 2.21. The molecule has 0 radical (unpaired) electrons. The molecule has 1 aromatic rings. The lowest BCUT2D eigenvalue weighted by molar-refractivity contribution is -0.125. The summed E-state index contributed by atoms with van der Waals surface area (Å²) in [6.45, 7) is 2.30. The van der Waals surface area contributed by atoms with Gasteiger partial charge in [0, 0.05) is 33.9 Å². The molecule has 1 unspecified atom stereocenters. The fourth-order valence-electron chi connectivity index (χ4n) is 1.90. The van der Waals surface area contributed by atoms with E-state index in [4.69, 9.17) is 5.73 Å². The third-order valence-corrected chi connectivity index (χ3v) is 4.57. The highest BCUT2D eigenvalue weighted by molar-refractivity contribution is 9.10. The van der Waals surface area contributed by atoms with Gasteiger partial charge in [0.15, 0.2) is 0 Å². The highest BCUT2D eigenvalue weighted by Gasteiger charge is 2.23.